The van der Waals surface area contributed by atoms with Crippen LogP contribution in [-0.2, 0) is 25.7 Å². The fourth-order valence-electron chi connectivity index (χ4n) is 3.27. The number of nitrogens with zero attached hydrogens (tertiary/aromatic N) is 4. The van der Waals surface area contributed by atoms with Crippen LogP contribution in [0, 0.1) is 0 Å². The summed E-state index contributed by atoms with van der Waals surface area (Å²) in [7, 11) is 0. The molecular weight excluding hydrogens is 385 g/mol. The fourth-order valence-corrected chi connectivity index (χ4v) is 3.27. The van der Waals surface area contributed by atoms with E-state index >= 15 is 0 Å². The van der Waals surface area contributed by atoms with Crippen LogP contribution >= 0.6 is 0 Å². The number of nitrogens with two attached hydrogens (primary N) is 1. The molecule has 1 aromatic carbocycles. The van der Waals surface area contributed by atoms with Gasteiger partial charge in [0, 0.05) is 49.6 Å². The van der Waals surface area contributed by atoms with E-state index in [1.165, 1.54) is 12.1 Å². The number of alkyl halides is 3. The first-order valence-corrected chi connectivity index (χ1v) is 8.88. The normalized spacial score (nSPS) is 14.6. The Labute approximate surface area is 163 Å². The smallest absolute Gasteiger partial charge is 0.368 e. The second-order valence-corrected chi connectivity index (χ2v) is 6.83. The van der Waals surface area contributed by atoms with Crippen LogP contribution in [0.5, 0.6) is 0 Å². The van der Waals surface area contributed by atoms with Gasteiger partial charge in [0.15, 0.2) is 0 Å². The SMILES string of the molecule is Nc1ncc(CN2CCc3nc(-c4ccc(C(F)(F)F)cc4)[nH]c(=O)c3C2)cn1. The van der Waals surface area contributed by atoms with Gasteiger partial charge in [0.05, 0.1) is 16.8 Å². The minimum Gasteiger partial charge on any atom is -0.368 e. The molecule has 0 amide bonds. The third-order valence-electron chi connectivity index (χ3n) is 4.76. The summed E-state index contributed by atoms with van der Waals surface area (Å²) in [5.41, 5.74) is 6.99. The van der Waals surface area contributed by atoms with E-state index in [0.717, 1.165) is 17.7 Å². The molecule has 150 valence electrons. The molecule has 2 aromatic heterocycles. The Morgan fingerprint density at radius 2 is 1.83 bits per heavy atom. The van der Waals surface area contributed by atoms with E-state index in [1.54, 1.807) is 12.4 Å². The number of hydrogen-bond acceptors (Lipinski definition) is 6. The first-order valence-electron chi connectivity index (χ1n) is 8.88. The fraction of sp³-hybridized carbons (Fsp3) is 0.263. The molecule has 1 aliphatic heterocycles. The molecule has 3 heterocycles. The molecule has 0 unspecified atom stereocenters. The number of nitrogens with one attached hydrogen (secondary N) is 1. The lowest BCUT2D eigenvalue weighted by Gasteiger charge is -2.27. The summed E-state index contributed by atoms with van der Waals surface area (Å²) in [6, 6.07) is 4.57. The average molecular weight is 402 g/mol. The van der Waals surface area contributed by atoms with Crippen molar-refractivity contribution in [2.45, 2.75) is 25.7 Å². The maximum Gasteiger partial charge on any atom is 0.416 e. The van der Waals surface area contributed by atoms with E-state index in [1.807, 2.05) is 0 Å². The number of benzene rings is 1. The number of aromatic amines is 1. The van der Waals surface area contributed by atoms with E-state index in [9.17, 15) is 18.0 Å². The van der Waals surface area contributed by atoms with E-state index in [4.69, 9.17) is 5.73 Å². The molecule has 0 bridgehead atoms. The van der Waals surface area contributed by atoms with Gasteiger partial charge in [0.2, 0.25) is 5.95 Å². The summed E-state index contributed by atoms with van der Waals surface area (Å²) in [5.74, 6) is 0.469. The highest BCUT2D eigenvalue weighted by Gasteiger charge is 2.30. The maximum absolute atomic E-state index is 12.7. The van der Waals surface area contributed by atoms with Crippen molar-refractivity contribution in [3.8, 4) is 11.4 Å². The van der Waals surface area contributed by atoms with Crippen LogP contribution in [0.15, 0.2) is 41.5 Å². The van der Waals surface area contributed by atoms with Gasteiger partial charge in [0.25, 0.3) is 5.56 Å². The van der Waals surface area contributed by atoms with Crippen LogP contribution in [0.1, 0.15) is 22.4 Å². The molecule has 0 saturated heterocycles. The second kappa shape index (κ2) is 7.28. The van der Waals surface area contributed by atoms with Gasteiger partial charge in [-0.1, -0.05) is 12.1 Å². The largest absolute Gasteiger partial charge is 0.416 e. The zero-order valence-corrected chi connectivity index (χ0v) is 15.2. The summed E-state index contributed by atoms with van der Waals surface area (Å²) < 4.78 is 38.2. The number of nitrogen functional groups attached to an aromatic ring is 1. The zero-order chi connectivity index (χ0) is 20.6. The van der Waals surface area contributed by atoms with Crippen LogP contribution in [-0.4, -0.2) is 31.4 Å². The van der Waals surface area contributed by atoms with Crippen molar-refractivity contribution in [2.24, 2.45) is 0 Å². The van der Waals surface area contributed by atoms with Crippen LogP contribution in [0.3, 0.4) is 0 Å². The summed E-state index contributed by atoms with van der Waals surface area (Å²) in [6.07, 6.45) is -0.557. The molecule has 0 atom stereocenters. The third kappa shape index (κ3) is 4.11. The number of H-pyrrole nitrogens is 1. The van der Waals surface area contributed by atoms with Gasteiger partial charge in [-0.3, -0.25) is 9.69 Å². The molecule has 29 heavy (non-hydrogen) atoms. The summed E-state index contributed by atoms with van der Waals surface area (Å²) in [4.78, 5) is 29.8. The zero-order valence-electron chi connectivity index (χ0n) is 15.2. The Hall–Kier alpha value is -3.27. The lowest BCUT2D eigenvalue weighted by molar-refractivity contribution is -0.137. The lowest BCUT2D eigenvalue weighted by atomic mass is 10.1. The second-order valence-electron chi connectivity index (χ2n) is 6.83. The molecule has 0 fully saturated rings. The number of halogens is 3. The van der Waals surface area contributed by atoms with E-state index in [2.05, 4.69) is 24.8 Å². The summed E-state index contributed by atoms with van der Waals surface area (Å²) in [6.45, 7) is 1.66. The Balaban J connectivity index is 1.55. The van der Waals surface area contributed by atoms with E-state index < -0.39 is 11.7 Å². The van der Waals surface area contributed by atoms with Crippen molar-refractivity contribution in [3.63, 3.8) is 0 Å². The monoisotopic (exact) mass is 402 g/mol. The Kier molecular flexibility index (Phi) is 4.79. The Morgan fingerprint density at radius 1 is 1.14 bits per heavy atom. The quantitative estimate of drug-likeness (QED) is 0.698. The Morgan fingerprint density at radius 3 is 2.48 bits per heavy atom. The number of aromatic nitrogens is 4. The van der Waals surface area contributed by atoms with Crippen molar-refractivity contribution in [1.82, 2.24) is 24.8 Å². The number of rotatable bonds is 3. The average Bonchev–Trinajstić information content (AvgIpc) is 2.69. The number of hydrogen-bond donors (Lipinski definition) is 2. The highest BCUT2D eigenvalue weighted by molar-refractivity contribution is 5.56. The first kappa shape index (κ1) is 19.1. The van der Waals surface area contributed by atoms with Gasteiger partial charge in [-0.15, -0.1) is 0 Å². The van der Waals surface area contributed by atoms with Gasteiger partial charge < -0.3 is 10.7 Å². The minimum atomic E-state index is -4.41. The van der Waals surface area contributed by atoms with Crippen LogP contribution in [0.4, 0.5) is 19.1 Å². The van der Waals surface area contributed by atoms with Crippen molar-refractivity contribution < 1.29 is 13.2 Å². The van der Waals surface area contributed by atoms with Gasteiger partial charge in [-0.2, -0.15) is 13.2 Å². The molecule has 0 aliphatic carbocycles. The number of anilines is 1. The van der Waals surface area contributed by atoms with Crippen LogP contribution < -0.4 is 11.3 Å². The molecule has 0 radical (unpaired) electrons. The third-order valence-corrected chi connectivity index (χ3v) is 4.76. The highest BCUT2D eigenvalue weighted by atomic mass is 19.4. The van der Waals surface area contributed by atoms with Gasteiger partial charge in [0.1, 0.15) is 5.82 Å². The molecule has 0 spiro atoms. The standard InChI is InChI=1S/C19H17F3N6O/c20-19(21,22)13-3-1-12(2-4-13)16-26-15-5-6-28(10-14(15)17(29)27-16)9-11-7-24-18(23)25-8-11/h1-4,7-8H,5-6,9-10H2,(H2,23,24,25)(H,26,27,29). The maximum atomic E-state index is 12.7. The van der Waals surface area contributed by atoms with Gasteiger partial charge >= 0.3 is 6.18 Å². The molecule has 0 saturated carbocycles. The van der Waals surface area contributed by atoms with Gasteiger partial charge in [-0.05, 0) is 12.1 Å². The summed E-state index contributed by atoms with van der Waals surface area (Å²) in [5, 5.41) is 0. The molecule has 1 aliphatic rings. The predicted molar refractivity (Wildman–Crippen MR) is 99.6 cm³/mol. The minimum absolute atomic E-state index is 0.203. The predicted octanol–water partition coefficient (Wildman–Crippen LogP) is 2.39. The molecule has 4 rings (SSSR count). The first-order chi connectivity index (χ1) is 13.8. The molecule has 3 N–H and O–H groups in total. The van der Waals surface area contributed by atoms with E-state index in [0.29, 0.717) is 42.9 Å². The van der Waals surface area contributed by atoms with Crippen molar-refractivity contribution in [3.05, 3.63) is 69.4 Å². The lowest BCUT2D eigenvalue weighted by Crippen LogP contribution is -2.35. The molecule has 3 aromatic rings. The molecule has 7 nitrogen and oxygen atoms in total. The molecule has 10 heteroatoms. The van der Waals surface area contributed by atoms with Crippen LogP contribution in [0.25, 0.3) is 11.4 Å². The summed E-state index contributed by atoms with van der Waals surface area (Å²) >= 11 is 0. The van der Waals surface area contributed by atoms with Crippen molar-refractivity contribution in [2.75, 3.05) is 12.3 Å². The Bertz CT molecular complexity index is 1080. The topological polar surface area (TPSA) is 101 Å². The van der Waals surface area contributed by atoms with Crippen LogP contribution in [0.2, 0.25) is 0 Å². The van der Waals surface area contributed by atoms with Gasteiger partial charge in [-0.25, -0.2) is 15.0 Å². The molecular formula is C19H17F3N6O. The van der Waals surface area contributed by atoms with E-state index in [-0.39, 0.29) is 17.3 Å². The van der Waals surface area contributed by atoms with Crippen molar-refractivity contribution in [1.29, 1.82) is 0 Å². The number of fused-ring (bicyclic) bond motifs is 1. The van der Waals surface area contributed by atoms with Crippen molar-refractivity contribution >= 4 is 5.95 Å². The highest BCUT2D eigenvalue weighted by Crippen LogP contribution is 2.30.